The van der Waals surface area contributed by atoms with Crippen LogP contribution >= 0.6 is 15.9 Å². The van der Waals surface area contributed by atoms with Crippen LogP contribution in [0.4, 0.5) is 0 Å². The normalized spacial score (nSPS) is 24.5. The molecule has 0 saturated heterocycles. The maximum Gasteiger partial charge on any atom is 0.0449 e. The third-order valence-electron chi connectivity index (χ3n) is 2.60. The second-order valence-electron chi connectivity index (χ2n) is 3.25. The van der Waals surface area contributed by atoms with Crippen LogP contribution in [0.25, 0.3) is 0 Å². The Morgan fingerprint density at radius 2 is 1.91 bits per heavy atom. The summed E-state index contributed by atoms with van der Waals surface area (Å²) in [6.45, 7) is 0. The van der Waals surface area contributed by atoms with Gasteiger partial charge in [0.15, 0.2) is 0 Å². The van der Waals surface area contributed by atoms with E-state index in [-0.39, 0.29) is 0 Å². The molecule has 0 aromatic carbocycles. The van der Waals surface area contributed by atoms with Crippen LogP contribution in [0, 0.1) is 0 Å². The Hall–Kier alpha value is -0.240. The molecule has 2 aliphatic rings. The molecular formula is C9H12BrN. The molecule has 0 atom stereocenters. The van der Waals surface area contributed by atoms with E-state index in [1.807, 2.05) is 0 Å². The Morgan fingerprint density at radius 1 is 1.09 bits per heavy atom. The van der Waals surface area contributed by atoms with Gasteiger partial charge >= 0.3 is 0 Å². The van der Waals surface area contributed by atoms with Gasteiger partial charge in [0, 0.05) is 10.2 Å². The molecule has 0 aromatic rings. The van der Waals surface area contributed by atoms with Crippen molar-refractivity contribution in [2.45, 2.75) is 32.1 Å². The molecule has 0 heterocycles. The second-order valence-corrected chi connectivity index (χ2v) is 4.21. The summed E-state index contributed by atoms with van der Waals surface area (Å²) in [5.41, 5.74) is 10.0. The van der Waals surface area contributed by atoms with Crippen molar-refractivity contribution in [3.8, 4) is 0 Å². The first-order valence-electron chi connectivity index (χ1n) is 4.14. The van der Waals surface area contributed by atoms with Crippen molar-refractivity contribution in [2.24, 2.45) is 5.73 Å². The molecule has 0 unspecified atom stereocenters. The van der Waals surface area contributed by atoms with Gasteiger partial charge in [-0.25, -0.2) is 0 Å². The summed E-state index contributed by atoms with van der Waals surface area (Å²) in [6, 6.07) is 0. The Balaban J connectivity index is 2.38. The molecule has 0 aliphatic heterocycles. The van der Waals surface area contributed by atoms with Crippen molar-refractivity contribution in [1.29, 1.82) is 0 Å². The zero-order chi connectivity index (χ0) is 7.84. The van der Waals surface area contributed by atoms with Gasteiger partial charge in [0.25, 0.3) is 0 Å². The van der Waals surface area contributed by atoms with E-state index in [4.69, 9.17) is 5.73 Å². The molecular weight excluding hydrogens is 202 g/mol. The number of nitrogens with two attached hydrogens (primary N) is 1. The summed E-state index contributed by atoms with van der Waals surface area (Å²) in [5, 5.41) is 0. The topological polar surface area (TPSA) is 26.0 Å². The van der Waals surface area contributed by atoms with Crippen LogP contribution in [0.2, 0.25) is 0 Å². The highest BCUT2D eigenvalue weighted by molar-refractivity contribution is 9.11. The monoisotopic (exact) mass is 213 g/mol. The van der Waals surface area contributed by atoms with Gasteiger partial charge in [-0.15, -0.1) is 0 Å². The Bertz CT molecular complexity index is 250. The molecule has 0 bridgehead atoms. The molecule has 0 fully saturated rings. The molecule has 0 spiro atoms. The van der Waals surface area contributed by atoms with Gasteiger partial charge in [0.1, 0.15) is 0 Å². The summed E-state index contributed by atoms with van der Waals surface area (Å²) in [5.74, 6) is 0. The quantitative estimate of drug-likeness (QED) is 0.659. The first kappa shape index (κ1) is 7.41. The van der Waals surface area contributed by atoms with Gasteiger partial charge in [-0.3, -0.25) is 0 Å². The standard InChI is InChI=1S/C9H12BrN/c10-8-5-4-6-2-1-3-7(6)9(8)11/h1-5,11H2. The zero-order valence-corrected chi connectivity index (χ0v) is 8.08. The summed E-state index contributed by atoms with van der Waals surface area (Å²) in [7, 11) is 0. The van der Waals surface area contributed by atoms with Gasteiger partial charge in [-0.05, 0) is 37.7 Å². The molecule has 60 valence electrons. The minimum Gasteiger partial charge on any atom is -0.398 e. The van der Waals surface area contributed by atoms with Crippen LogP contribution in [0.5, 0.6) is 0 Å². The third kappa shape index (κ3) is 1.13. The summed E-state index contributed by atoms with van der Waals surface area (Å²) < 4.78 is 1.22. The van der Waals surface area contributed by atoms with E-state index in [1.165, 1.54) is 35.7 Å². The lowest BCUT2D eigenvalue weighted by Gasteiger charge is -2.15. The lowest BCUT2D eigenvalue weighted by Crippen LogP contribution is -2.07. The highest BCUT2D eigenvalue weighted by Gasteiger charge is 2.21. The van der Waals surface area contributed by atoms with Crippen LogP contribution < -0.4 is 5.73 Å². The van der Waals surface area contributed by atoms with Crippen molar-refractivity contribution in [3.63, 3.8) is 0 Å². The summed E-state index contributed by atoms with van der Waals surface area (Å²) in [4.78, 5) is 0. The molecule has 2 N–H and O–H groups in total. The predicted molar refractivity (Wildman–Crippen MR) is 50.3 cm³/mol. The van der Waals surface area contributed by atoms with E-state index in [9.17, 15) is 0 Å². The fourth-order valence-corrected chi connectivity index (χ4v) is 2.40. The smallest absolute Gasteiger partial charge is 0.0449 e. The Kier molecular flexibility index (Phi) is 1.80. The predicted octanol–water partition coefficient (Wildman–Crippen LogP) is 2.83. The van der Waals surface area contributed by atoms with Crippen molar-refractivity contribution in [2.75, 3.05) is 0 Å². The summed E-state index contributed by atoms with van der Waals surface area (Å²) >= 11 is 3.51. The molecule has 0 saturated carbocycles. The maximum atomic E-state index is 5.94. The van der Waals surface area contributed by atoms with E-state index in [2.05, 4.69) is 15.9 Å². The van der Waals surface area contributed by atoms with Gasteiger partial charge < -0.3 is 5.73 Å². The van der Waals surface area contributed by atoms with Crippen LogP contribution in [-0.2, 0) is 0 Å². The highest BCUT2D eigenvalue weighted by Crippen LogP contribution is 2.39. The van der Waals surface area contributed by atoms with Gasteiger partial charge in [0.2, 0.25) is 0 Å². The minimum atomic E-state index is 1.03. The molecule has 2 rings (SSSR count). The van der Waals surface area contributed by atoms with Gasteiger partial charge in [-0.1, -0.05) is 21.5 Å². The Morgan fingerprint density at radius 3 is 2.73 bits per heavy atom. The lowest BCUT2D eigenvalue weighted by atomic mass is 9.98. The van der Waals surface area contributed by atoms with Crippen molar-refractivity contribution >= 4 is 15.9 Å². The molecule has 1 nitrogen and oxygen atoms in total. The zero-order valence-electron chi connectivity index (χ0n) is 6.49. The average molecular weight is 214 g/mol. The molecule has 0 aromatic heterocycles. The van der Waals surface area contributed by atoms with Gasteiger partial charge in [0.05, 0.1) is 0 Å². The number of hydrogen-bond acceptors (Lipinski definition) is 1. The largest absolute Gasteiger partial charge is 0.398 e. The van der Waals surface area contributed by atoms with E-state index < -0.39 is 0 Å². The molecule has 2 heteroatoms. The number of rotatable bonds is 0. The average Bonchev–Trinajstić information content (AvgIpc) is 2.45. The van der Waals surface area contributed by atoms with E-state index >= 15 is 0 Å². The lowest BCUT2D eigenvalue weighted by molar-refractivity contribution is 0.854. The van der Waals surface area contributed by atoms with Crippen LogP contribution in [0.15, 0.2) is 21.3 Å². The summed E-state index contributed by atoms with van der Waals surface area (Å²) in [6.07, 6.45) is 6.15. The van der Waals surface area contributed by atoms with E-state index in [0.717, 1.165) is 12.1 Å². The van der Waals surface area contributed by atoms with E-state index in [0.29, 0.717) is 0 Å². The van der Waals surface area contributed by atoms with E-state index in [1.54, 1.807) is 5.57 Å². The maximum absolute atomic E-state index is 5.94. The number of hydrogen-bond donors (Lipinski definition) is 1. The van der Waals surface area contributed by atoms with Crippen LogP contribution in [0.1, 0.15) is 32.1 Å². The minimum absolute atomic E-state index is 1.03. The Labute approximate surface area is 75.5 Å². The SMILES string of the molecule is NC1=C(Br)CCC2=C1CCC2. The second kappa shape index (κ2) is 2.67. The van der Waals surface area contributed by atoms with Gasteiger partial charge in [-0.2, -0.15) is 0 Å². The van der Waals surface area contributed by atoms with Crippen molar-refractivity contribution in [1.82, 2.24) is 0 Å². The molecule has 0 radical (unpaired) electrons. The molecule has 2 aliphatic carbocycles. The number of halogens is 1. The highest BCUT2D eigenvalue weighted by atomic mass is 79.9. The van der Waals surface area contributed by atoms with Crippen molar-refractivity contribution in [3.05, 3.63) is 21.3 Å². The molecule has 11 heavy (non-hydrogen) atoms. The first-order chi connectivity index (χ1) is 5.29. The fraction of sp³-hybridized carbons (Fsp3) is 0.556. The fourth-order valence-electron chi connectivity index (χ4n) is 1.97. The molecule has 0 amide bonds. The number of allylic oxidation sites excluding steroid dienone is 3. The van der Waals surface area contributed by atoms with Crippen molar-refractivity contribution < 1.29 is 0 Å². The van der Waals surface area contributed by atoms with Crippen LogP contribution in [-0.4, -0.2) is 0 Å². The third-order valence-corrected chi connectivity index (χ3v) is 3.42. The first-order valence-corrected chi connectivity index (χ1v) is 4.93. The van der Waals surface area contributed by atoms with Crippen LogP contribution in [0.3, 0.4) is 0 Å².